The maximum atomic E-state index is 12.8. The van der Waals surface area contributed by atoms with Crippen molar-refractivity contribution in [2.24, 2.45) is 0 Å². The van der Waals surface area contributed by atoms with Crippen molar-refractivity contribution < 1.29 is 23.1 Å². The molecular weight excluding hydrogens is 401 g/mol. The Kier molecular flexibility index (Phi) is 6.54. The molecule has 3 aromatic rings. The van der Waals surface area contributed by atoms with Crippen LogP contribution in [0.2, 0.25) is 0 Å². The standard InChI is InChI=1S/C26H25F3O2/c1-16(2)23-11-6-19(18-4-9-22(10-5-18)26(27,28)29)15-20(23)7-13-25(31)21-8-12-24(30)17(3)14-21/h4-6,8-12,14-16,30H,7,13H2,1-3H3. The highest BCUT2D eigenvalue weighted by atomic mass is 19.4. The van der Waals surface area contributed by atoms with Gasteiger partial charge in [0, 0.05) is 12.0 Å². The van der Waals surface area contributed by atoms with Gasteiger partial charge < -0.3 is 5.11 Å². The number of hydrogen-bond donors (Lipinski definition) is 1. The zero-order valence-corrected chi connectivity index (χ0v) is 17.8. The lowest BCUT2D eigenvalue weighted by Gasteiger charge is -2.15. The zero-order valence-electron chi connectivity index (χ0n) is 17.8. The fourth-order valence-corrected chi connectivity index (χ4v) is 3.64. The molecule has 5 heteroatoms. The van der Waals surface area contributed by atoms with Crippen molar-refractivity contribution in [2.75, 3.05) is 0 Å². The van der Waals surface area contributed by atoms with Crippen LogP contribution in [0.3, 0.4) is 0 Å². The molecule has 31 heavy (non-hydrogen) atoms. The van der Waals surface area contributed by atoms with Crippen molar-refractivity contribution >= 4 is 5.78 Å². The number of hydrogen-bond acceptors (Lipinski definition) is 2. The van der Waals surface area contributed by atoms with E-state index in [1.807, 2.05) is 18.2 Å². The van der Waals surface area contributed by atoms with Crippen LogP contribution in [-0.2, 0) is 12.6 Å². The third kappa shape index (κ3) is 5.35. The Morgan fingerprint density at radius 2 is 1.58 bits per heavy atom. The van der Waals surface area contributed by atoms with Crippen LogP contribution in [0.1, 0.15) is 58.8 Å². The largest absolute Gasteiger partial charge is 0.508 e. The first-order valence-electron chi connectivity index (χ1n) is 10.2. The predicted molar refractivity (Wildman–Crippen MR) is 116 cm³/mol. The summed E-state index contributed by atoms with van der Waals surface area (Å²) < 4.78 is 38.5. The van der Waals surface area contributed by atoms with E-state index in [0.29, 0.717) is 29.5 Å². The summed E-state index contributed by atoms with van der Waals surface area (Å²) in [5.41, 5.74) is 4.18. The lowest BCUT2D eigenvalue weighted by Crippen LogP contribution is -2.05. The number of rotatable bonds is 6. The molecule has 0 heterocycles. The minimum absolute atomic E-state index is 0.0160. The molecule has 0 radical (unpaired) electrons. The van der Waals surface area contributed by atoms with Gasteiger partial charge >= 0.3 is 6.18 Å². The molecule has 3 rings (SSSR count). The summed E-state index contributed by atoms with van der Waals surface area (Å²) in [6.45, 7) is 5.89. The molecule has 2 nitrogen and oxygen atoms in total. The summed E-state index contributed by atoms with van der Waals surface area (Å²) >= 11 is 0. The van der Waals surface area contributed by atoms with E-state index in [2.05, 4.69) is 13.8 Å². The fraction of sp³-hybridized carbons (Fsp3) is 0.269. The maximum absolute atomic E-state index is 12.8. The van der Waals surface area contributed by atoms with E-state index in [1.165, 1.54) is 18.2 Å². The number of aromatic hydroxyl groups is 1. The van der Waals surface area contributed by atoms with E-state index in [-0.39, 0.29) is 17.5 Å². The molecule has 0 bridgehead atoms. The van der Waals surface area contributed by atoms with Crippen molar-refractivity contribution in [1.29, 1.82) is 0 Å². The van der Waals surface area contributed by atoms with Gasteiger partial charge in [0.25, 0.3) is 0 Å². The Labute approximate surface area is 180 Å². The summed E-state index contributed by atoms with van der Waals surface area (Å²) in [4.78, 5) is 12.7. The third-order valence-corrected chi connectivity index (χ3v) is 5.45. The molecule has 0 aromatic heterocycles. The van der Waals surface area contributed by atoms with E-state index in [9.17, 15) is 23.1 Å². The van der Waals surface area contributed by atoms with Crippen LogP contribution in [0.5, 0.6) is 5.75 Å². The maximum Gasteiger partial charge on any atom is 0.416 e. The first-order valence-corrected chi connectivity index (χ1v) is 10.2. The number of carbonyl (C=O) groups is 1. The topological polar surface area (TPSA) is 37.3 Å². The smallest absolute Gasteiger partial charge is 0.416 e. The van der Waals surface area contributed by atoms with Crippen LogP contribution in [0.15, 0.2) is 60.7 Å². The SMILES string of the molecule is Cc1cc(C(=O)CCc2cc(-c3ccc(C(F)(F)F)cc3)ccc2C(C)C)ccc1O. The normalized spacial score (nSPS) is 11.7. The predicted octanol–water partition coefficient (Wildman–Crippen LogP) is 7.33. The highest BCUT2D eigenvalue weighted by Crippen LogP contribution is 2.32. The fourth-order valence-electron chi connectivity index (χ4n) is 3.64. The van der Waals surface area contributed by atoms with Crippen LogP contribution in [0.4, 0.5) is 13.2 Å². The number of benzene rings is 3. The molecule has 0 unspecified atom stereocenters. The minimum Gasteiger partial charge on any atom is -0.508 e. The summed E-state index contributed by atoms with van der Waals surface area (Å²) in [5.74, 6) is 0.392. The Bertz CT molecular complexity index is 1080. The van der Waals surface area contributed by atoms with Gasteiger partial charge in [-0.3, -0.25) is 4.79 Å². The number of halogens is 3. The summed E-state index contributed by atoms with van der Waals surface area (Å²) in [6, 6.07) is 15.8. The highest BCUT2D eigenvalue weighted by Gasteiger charge is 2.30. The van der Waals surface area contributed by atoms with Gasteiger partial charge in [0.05, 0.1) is 5.56 Å². The molecule has 0 atom stereocenters. The van der Waals surface area contributed by atoms with Crippen LogP contribution in [-0.4, -0.2) is 10.9 Å². The lowest BCUT2D eigenvalue weighted by molar-refractivity contribution is -0.137. The summed E-state index contributed by atoms with van der Waals surface area (Å²) in [7, 11) is 0. The van der Waals surface area contributed by atoms with Crippen LogP contribution in [0, 0.1) is 6.92 Å². The second-order valence-electron chi connectivity index (χ2n) is 8.07. The van der Waals surface area contributed by atoms with Crippen LogP contribution < -0.4 is 0 Å². The van der Waals surface area contributed by atoms with Crippen molar-refractivity contribution in [3.8, 4) is 16.9 Å². The second-order valence-corrected chi connectivity index (χ2v) is 8.07. The Hall–Kier alpha value is -3.08. The first kappa shape index (κ1) is 22.6. The van der Waals surface area contributed by atoms with Crippen molar-refractivity contribution in [3.05, 3.63) is 88.5 Å². The van der Waals surface area contributed by atoms with E-state index < -0.39 is 11.7 Å². The number of aryl methyl sites for hydroxylation is 2. The zero-order chi connectivity index (χ0) is 22.8. The number of ketones is 1. The Morgan fingerprint density at radius 1 is 0.935 bits per heavy atom. The van der Waals surface area contributed by atoms with E-state index in [4.69, 9.17) is 0 Å². The second kappa shape index (κ2) is 8.96. The van der Waals surface area contributed by atoms with Crippen molar-refractivity contribution in [1.82, 2.24) is 0 Å². The minimum atomic E-state index is -4.36. The molecule has 0 saturated carbocycles. The number of phenols is 1. The molecule has 0 saturated heterocycles. The summed E-state index contributed by atoms with van der Waals surface area (Å²) in [6.07, 6.45) is -3.53. The Balaban J connectivity index is 1.85. The molecule has 0 amide bonds. The molecule has 0 aliphatic carbocycles. The van der Waals surface area contributed by atoms with Gasteiger partial charge in [-0.25, -0.2) is 0 Å². The van der Waals surface area contributed by atoms with Gasteiger partial charge in [0.15, 0.2) is 5.78 Å². The average Bonchev–Trinajstić information content (AvgIpc) is 2.73. The van der Waals surface area contributed by atoms with Crippen molar-refractivity contribution in [2.45, 2.75) is 45.7 Å². The van der Waals surface area contributed by atoms with Gasteiger partial charge in [-0.05, 0) is 77.4 Å². The van der Waals surface area contributed by atoms with Gasteiger partial charge in [-0.2, -0.15) is 13.2 Å². The molecule has 1 N–H and O–H groups in total. The van der Waals surface area contributed by atoms with Gasteiger partial charge in [-0.15, -0.1) is 0 Å². The number of phenolic OH excluding ortho intramolecular Hbond substituents is 1. The van der Waals surface area contributed by atoms with Gasteiger partial charge in [-0.1, -0.05) is 44.2 Å². The molecule has 0 aliphatic rings. The average molecular weight is 426 g/mol. The molecule has 3 aromatic carbocycles. The molecular formula is C26H25F3O2. The quantitative estimate of drug-likeness (QED) is 0.419. The molecule has 162 valence electrons. The molecule has 0 spiro atoms. The summed E-state index contributed by atoms with van der Waals surface area (Å²) in [5, 5.41) is 9.66. The number of alkyl halides is 3. The van der Waals surface area contributed by atoms with E-state index in [1.54, 1.807) is 19.1 Å². The monoisotopic (exact) mass is 426 g/mol. The van der Waals surface area contributed by atoms with Gasteiger partial charge in [0.1, 0.15) is 5.75 Å². The Morgan fingerprint density at radius 3 is 2.16 bits per heavy atom. The van der Waals surface area contributed by atoms with E-state index in [0.717, 1.165) is 28.8 Å². The number of carbonyl (C=O) groups excluding carboxylic acids is 1. The number of Topliss-reactive ketones (excluding diaryl/α,β-unsaturated/α-hetero) is 1. The van der Waals surface area contributed by atoms with E-state index >= 15 is 0 Å². The lowest BCUT2D eigenvalue weighted by atomic mass is 9.90. The molecule has 0 fully saturated rings. The first-order chi connectivity index (χ1) is 14.6. The van der Waals surface area contributed by atoms with Crippen LogP contribution >= 0.6 is 0 Å². The molecule has 0 aliphatic heterocycles. The third-order valence-electron chi connectivity index (χ3n) is 5.45. The highest BCUT2D eigenvalue weighted by molar-refractivity contribution is 5.96. The van der Waals surface area contributed by atoms with Crippen LogP contribution in [0.25, 0.3) is 11.1 Å². The van der Waals surface area contributed by atoms with Gasteiger partial charge in [0.2, 0.25) is 0 Å². The van der Waals surface area contributed by atoms with Crippen molar-refractivity contribution in [3.63, 3.8) is 0 Å².